The van der Waals surface area contributed by atoms with Gasteiger partial charge in [-0.25, -0.2) is 0 Å². The molecule has 2 aromatic carbocycles. The van der Waals surface area contributed by atoms with Gasteiger partial charge in [0.25, 0.3) is 0 Å². The van der Waals surface area contributed by atoms with Crippen molar-refractivity contribution in [2.75, 3.05) is 54.1 Å². The molecule has 0 bridgehead atoms. The summed E-state index contributed by atoms with van der Waals surface area (Å²) < 4.78 is 16.4. The van der Waals surface area contributed by atoms with Crippen molar-refractivity contribution in [3.8, 4) is 17.2 Å². The monoisotopic (exact) mass is 384 g/mol. The second-order valence-electron chi connectivity index (χ2n) is 7.24. The quantitative estimate of drug-likeness (QED) is 0.661. The molecule has 0 atom stereocenters. The van der Waals surface area contributed by atoms with Gasteiger partial charge in [-0.1, -0.05) is 30.3 Å². The predicted molar refractivity (Wildman–Crippen MR) is 113 cm³/mol. The van der Waals surface area contributed by atoms with E-state index in [-0.39, 0.29) is 0 Å². The fourth-order valence-corrected chi connectivity index (χ4v) is 3.81. The Morgan fingerprint density at radius 2 is 1.36 bits per heavy atom. The van der Waals surface area contributed by atoms with E-state index >= 15 is 0 Å². The molecule has 1 saturated heterocycles. The van der Waals surface area contributed by atoms with Gasteiger partial charge in [0.2, 0.25) is 5.75 Å². The Hall–Kier alpha value is -2.24. The topological polar surface area (TPSA) is 34.2 Å². The van der Waals surface area contributed by atoms with Gasteiger partial charge in [0, 0.05) is 32.7 Å². The molecule has 1 heterocycles. The van der Waals surface area contributed by atoms with Crippen LogP contribution in [0.5, 0.6) is 17.2 Å². The standard InChI is InChI=1S/C23H32N2O3/c1-26-21-16-20(17-22(27-2)23(21)28-3)18-25-14-12-24(13-15-25)11-7-10-19-8-5-4-6-9-19/h4-6,8-9,16-17H,7,10-15,18H2,1-3H3. The van der Waals surface area contributed by atoms with Gasteiger partial charge in [-0.3, -0.25) is 4.90 Å². The minimum Gasteiger partial charge on any atom is -0.493 e. The highest BCUT2D eigenvalue weighted by atomic mass is 16.5. The van der Waals surface area contributed by atoms with E-state index in [1.807, 2.05) is 12.1 Å². The Labute approximate surface area is 168 Å². The van der Waals surface area contributed by atoms with Crippen molar-refractivity contribution in [2.45, 2.75) is 19.4 Å². The zero-order valence-corrected chi connectivity index (χ0v) is 17.3. The van der Waals surface area contributed by atoms with Crippen molar-refractivity contribution in [3.63, 3.8) is 0 Å². The van der Waals surface area contributed by atoms with Crippen LogP contribution in [-0.2, 0) is 13.0 Å². The highest BCUT2D eigenvalue weighted by Gasteiger charge is 2.19. The summed E-state index contributed by atoms with van der Waals surface area (Å²) in [6.45, 7) is 6.49. The molecule has 0 amide bonds. The molecule has 0 spiro atoms. The molecule has 0 N–H and O–H groups in total. The molecule has 0 aromatic heterocycles. The third-order valence-corrected chi connectivity index (χ3v) is 5.38. The molecule has 0 radical (unpaired) electrons. The van der Waals surface area contributed by atoms with Crippen LogP contribution in [-0.4, -0.2) is 63.9 Å². The first-order valence-electron chi connectivity index (χ1n) is 10.0. The SMILES string of the molecule is COc1cc(CN2CCN(CCCc3ccccc3)CC2)cc(OC)c1OC. The van der Waals surface area contributed by atoms with Crippen molar-refractivity contribution in [1.29, 1.82) is 0 Å². The molecule has 28 heavy (non-hydrogen) atoms. The van der Waals surface area contributed by atoms with Gasteiger partial charge >= 0.3 is 0 Å². The van der Waals surface area contributed by atoms with Gasteiger partial charge in [-0.15, -0.1) is 0 Å². The largest absolute Gasteiger partial charge is 0.493 e. The third-order valence-electron chi connectivity index (χ3n) is 5.38. The molecule has 0 saturated carbocycles. The van der Waals surface area contributed by atoms with Gasteiger partial charge < -0.3 is 19.1 Å². The van der Waals surface area contributed by atoms with E-state index in [0.717, 1.165) is 50.6 Å². The Morgan fingerprint density at radius 3 is 1.93 bits per heavy atom. The van der Waals surface area contributed by atoms with Crippen LogP contribution in [0.15, 0.2) is 42.5 Å². The fraction of sp³-hybridized carbons (Fsp3) is 0.478. The molecule has 5 heteroatoms. The average molecular weight is 385 g/mol. The van der Waals surface area contributed by atoms with Crippen LogP contribution < -0.4 is 14.2 Å². The Kier molecular flexibility index (Phi) is 7.57. The third kappa shape index (κ3) is 5.40. The lowest BCUT2D eigenvalue weighted by molar-refractivity contribution is 0.126. The molecular weight excluding hydrogens is 352 g/mol. The predicted octanol–water partition coefficient (Wildman–Crippen LogP) is 3.46. The van der Waals surface area contributed by atoms with Gasteiger partial charge in [-0.2, -0.15) is 0 Å². The Bertz CT molecular complexity index is 703. The van der Waals surface area contributed by atoms with E-state index in [4.69, 9.17) is 14.2 Å². The minimum atomic E-state index is 0.650. The lowest BCUT2D eigenvalue weighted by Crippen LogP contribution is -2.46. The van der Waals surface area contributed by atoms with E-state index in [1.54, 1.807) is 21.3 Å². The van der Waals surface area contributed by atoms with Gasteiger partial charge in [0.05, 0.1) is 21.3 Å². The highest BCUT2D eigenvalue weighted by molar-refractivity contribution is 5.53. The van der Waals surface area contributed by atoms with Gasteiger partial charge in [0.15, 0.2) is 11.5 Å². The summed E-state index contributed by atoms with van der Waals surface area (Å²) in [6.07, 6.45) is 2.38. The van der Waals surface area contributed by atoms with Crippen LogP contribution in [0.25, 0.3) is 0 Å². The Balaban J connectivity index is 1.47. The summed E-state index contributed by atoms with van der Waals surface area (Å²) in [4.78, 5) is 5.07. The van der Waals surface area contributed by atoms with Crippen molar-refractivity contribution in [3.05, 3.63) is 53.6 Å². The number of rotatable bonds is 9. The molecule has 0 unspecified atom stereocenters. The lowest BCUT2D eigenvalue weighted by atomic mass is 10.1. The van der Waals surface area contributed by atoms with Crippen LogP contribution >= 0.6 is 0 Å². The summed E-state index contributed by atoms with van der Waals surface area (Å²) >= 11 is 0. The number of hydrogen-bond donors (Lipinski definition) is 0. The Morgan fingerprint density at radius 1 is 0.750 bits per heavy atom. The summed E-state index contributed by atoms with van der Waals surface area (Å²) in [5, 5.41) is 0. The zero-order chi connectivity index (χ0) is 19.8. The maximum atomic E-state index is 5.47. The van der Waals surface area contributed by atoms with E-state index in [9.17, 15) is 0 Å². The summed E-state index contributed by atoms with van der Waals surface area (Å²) in [6, 6.07) is 14.9. The molecule has 1 aliphatic heterocycles. The first kappa shape index (κ1) is 20.5. The maximum absolute atomic E-state index is 5.47. The summed E-state index contributed by atoms with van der Waals surface area (Å²) in [5.41, 5.74) is 2.62. The van der Waals surface area contributed by atoms with Crippen LogP contribution in [0.1, 0.15) is 17.5 Å². The first-order chi connectivity index (χ1) is 13.7. The van der Waals surface area contributed by atoms with Crippen molar-refractivity contribution in [2.24, 2.45) is 0 Å². The smallest absolute Gasteiger partial charge is 0.203 e. The number of methoxy groups -OCH3 is 3. The summed E-state index contributed by atoms with van der Waals surface area (Å²) in [5.74, 6) is 2.09. The van der Waals surface area contributed by atoms with Crippen LogP contribution in [0.3, 0.4) is 0 Å². The number of nitrogens with zero attached hydrogens (tertiary/aromatic N) is 2. The second-order valence-corrected chi connectivity index (χ2v) is 7.24. The molecule has 1 aliphatic rings. The first-order valence-corrected chi connectivity index (χ1v) is 10.0. The molecule has 0 aliphatic carbocycles. The van der Waals surface area contributed by atoms with Gasteiger partial charge in [0.1, 0.15) is 0 Å². The number of hydrogen-bond acceptors (Lipinski definition) is 5. The van der Waals surface area contributed by atoms with E-state index < -0.39 is 0 Å². The number of aryl methyl sites for hydroxylation is 1. The van der Waals surface area contributed by atoms with Crippen LogP contribution in [0, 0.1) is 0 Å². The molecule has 2 aromatic rings. The zero-order valence-electron chi connectivity index (χ0n) is 17.3. The molecule has 1 fully saturated rings. The number of benzene rings is 2. The van der Waals surface area contributed by atoms with Crippen LogP contribution in [0.2, 0.25) is 0 Å². The fourth-order valence-electron chi connectivity index (χ4n) is 3.81. The maximum Gasteiger partial charge on any atom is 0.203 e. The highest BCUT2D eigenvalue weighted by Crippen LogP contribution is 2.38. The molecule has 152 valence electrons. The van der Waals surface area contributed by atoms with Gasteiger partial charge in [-0.05, 0) is 42.6 Å². The molecular formula is C23H32N2O3. The second kappa shape index (κ2) is 10.3. The number of ether oxygens (including phenoxy) is 3. The van der Waals surface area contributed by atoms with Crippen LogP contribution in [0.4, 0.5) is 0 Å². The van der Waals surface area contributed by atoms with Crippen molar-refractivity contribution >= 4 is 0 Å². The lowest BCUT2D eigenvalue weighted by Gasteiger charge is -2.34. The van der Waals surface area contributed by atoms with E-state index in [1.165, 1.54) is 24.1 Å². The average Bonchev–Trinajstić information content (AvgIpc) is 2.75. The minimum absolute atomic E-state index is 0.650. The summed E-state index contributed by atoms with van der Waals surface area (Å²) in [7, 11) is 4.96. The van der Waals surface area contributed by atoms with E-state index in [2.05, 4.69) is 40.1 Å². The number of piperazine rings is 1. The molecule has 5 nitrogen and oxygen atoms in total. The van der Waals surface area contributed by atoms with Crippen molar-refractivity contribution < 1.29 is 14.2 Å². The van der Waals surface area contributed by atoms with E-state index in [0.29, 0.717) is 5.75 Å². The normalized spacial score (nSPS) is 15.4. The van der Waals surface area contributed by atoms with Crippen molar-refractivity contribution in [1.82, 2.24) is 9.80 Å². The molecule has 3 rings (SSSR count).